The van der Waals surface area contributed by atoms with Gasteiger partial charge in [0, 0.05) is 30.3 Å². The first kappa shape index (κ1) is 23.6. The van der Waals surface area contributed by atoms with Gasteiger partial charge in [-0.15, -0.1) is 0 Å². The number of thiazole rings is 1. The first-order chi connectivity index (χ1) is 17.0. The van der Waals surface area contributed by atoms with Crippen LogP contribution in [-0.2, 0) is 14.4 Å². The zero-order valence-electron chi connectivity index (χ0n) is 19.3. The molecule has 0 spiro atoms. The molecule has 3 amide bonds. The smallest absolute Gasteiger partial charge is 0.230 e. The average molecular weight is 507 g/mol. The van der Waals surface area contributed by atoms with Gasteiger partial charge in [-0.25, -0.2) is 4.98 Å². The molecule has 35 heavy (non-hydrogen) atoms. The van der Waals surface area contributed by atoms with Gasteiger partial charge >= 0.3 is 0 Å². The van der Waals surface area contributed by atoms with Crippen molar-refractivity contribution >= 4 is 51.5 Å². The first-order valence-electron chi connectivity index (χ1n) is 11.6. The summed E-state index contributed by atoms with van der Waals surface area (Å²) in [7, 11) is 0. The lowest BCUT2D eigenvalue weighted by molar-refractivity contribution is -0.122. The van der Waals surface area contributed by atoms with Crippen LogP contribution in [0.25, 0.3) is 11.3 Å². The Morgan fingerprint density at radius 2 is 1.86 bits per heavy atom. The number of aryl methyl sites for hydroxylation is 1. The van der Waals surface area contributed by atoms with Crippen molar-refractivity contribution in [3.8, 4) is 11.3 Å². The fourth-order valence-corrected chi connectivity index (χ4v) is 5.81. The summed E-state index contributed by atoms with van der Waals surface area (Å²) in [5.41, 5.74) is 3.49. The van der Waals surface area contributed by atoms with Crippen LogP contribution in [0.5, 0.6) is 0 Å². The Bertz CT molecular complexity index is 1240. The van der Waals surface area contributed by atoms with E-state index in [4.69, 9.17) is 4.98 Å². The molecule has 0 bridgehead atoms. The van der Waals surface area contributed by atoms with Gasteiger partial charge in [0.25, 0.3) is 0 Å². The first-order valence-corrected chi connectivity index (χ1v) is 13.4. The summed E-state index contributed by atoms with van der Waals surface area (Å²) in [5.74, 6) is -0.416. The number of nitrogens with zero attached hydrogens (tertiary/aromatic N) is 2. The number of rotatable bonds is 8. The molecule has 0 radical (unpaired) electrons. The SMILES string of the molecule is Cc1ccc(N2CC(C(=O)Nc3sc(SCC(=O)NC4CC4)nc3-c3ccccc3)CC2=O)cc1. The maximum absolute atomic E-state index is 13.2. The highest BCUT2D eigenvalue weighted by Crippen LogP contribution is 2.38. The van der Waals surface area contributed by atoms with Crippen LogP contribution in [0, 0.1) is 12.8 Å². The molecule has 2 aromatic carbocycles. The van der Waals surface area contributed by atoms with Crippen LogP contribution < -0.4 is 15.5 Å². The molecule has 1 aliphatic heterocycles. The summed E-state index contributed by atoms with van der Waals surface area (Å²) in [5, 5.41) is 6.64. The quantitative estimate of drug-likeness (QED) is 0.440. The van der Waals surface area contributed by atoms with E-state index in [1.165, 1.54) is 23.1 Å². The minimum Gasteiger partial charge on any atom is -0.353 e. The molecule has 2 aliphatic rings. The highest BCUT2D eigenvalue weighted by Gasteiger charge is 2.35. The predicted octanol–water partition coefficient (Wildman–Crippen LogP) is 4.48. The van der Waals surface area contributed by atoms with Gasteiger partial charge in [-0.2, -0.15) is 0 Å². The Morgan fingerprint density at radius 3 is 2.57 bits per heavy atom. The number of aromatic nitrogens is 1. The van der Waals surface area contributed by atoms with E-state index >= 15 is 0 Å². The van der Waals surface area contributed by atoms with Gasteiger partial charge in [-0.1, -0.05) is 71.1 Å². The maximum atomic E-state index is 13.2. The molecule has 1 saturated carbocycles. The molecule has 2 heterocycles. The Morgan fingerprint density at radius 1 is 1.11 bits per heavy atom. The average Bonchev–Trinajstić information content (AvgIpc) is 3.44. The molecule has 3 aromatic rings. The molecule has 1 saturated heterocycles. The molecule has 180 valence electrons. The predicted molar refractivity (Wildman–Crippen MR) is 140 cm³/mol. The van der Waals surface area contributed by atoms with Gasteiger partial charge in [0.15, 0.2) is 4.34 Å². The second kappa shape index (κ2) is 10.2. The van der Waals surface area contributed by atoms with Crippen LogP contribution >= 0.6 is 23.1 Å². The van der Waals surface area contributed by atoms with Crippen LogP contribution in [-0.4, -0.2) is 41.0 Å². The van der Waals surface area contributed by atoms with E-state index in [0.717, 1.165) is 29.7 Å². The van der Waals surface area contributed by atoms with Crippen LogP contribution in [0.2, 0.25) is 0 Å². The zero-order chi connectivity index (χ0) is 24.4. The van der Waals surface area contributed by atoms with Crippen molar-refractivity contribution in [3.05, 3.63) is 60.2 Å². The monoisotopic (exact) mass is 506 g/mol. The normalized spacial score (nSPS) is 17.5. The van der Waals surface area contributed by atoms with E-state index in [2.05, 4.69) is 10.6 Å². The van der Waals surface area contributed by atoms with Gasteiger partial charge in [-0.3, -0.25) is 14.4 Å². The van der Waals surface area contributed by atoms with Crippen LogP contribution in [0.4, 0.5) is 10.7 Å². The number of anilines is 2. The number of carbonyl (C=O) groups excluding carboxylic acids is 3. The Balaban J connectivity index is 1.30. The van der Waals surface area contributed by atoms with E-state index in [-0.39, 0.29) is 29.9 Å². The van der Waals surface area contributed by atoms with E-state index < -0.39 is 5.92 Å². The molecule has 9 heteroatoms. The number of thioether (sulfide) groups is 1. The second-order valence-electron chi connectivity index (χ2n) is 8.88. The number of carbonyl (C=O) groups is 3. The van der Waals surface area contributed by atoms with Crippen molar-refractivity contribution in [2.24, 2.45) is 5.92 Å². The van der Waals surface area contributed by atoms with Gasteiger partial charge in [0.1, 0.15) is 10.7 Å². The highest BCUT2D eigenvalue weighted by atomic mass is 32.2. The largest absolute Gasteiger partial charge is 0.353 e. The molecule has 1 unspecified atom stereocenters. The summed E-state index contributed by atoms with van der Waals surface area (Å²) in [6, 6.07) is 17.7. The standard InChI is InChI=1S/C26H26N4O3S2/c1-16-7-11-20(12-8-16)30-14-18(13-22(30)32)24(33)29-25-23(17-5-3-2-4-6-17)28-26(35-25)34-15-21(31)27-19-9-10-19/h2-8,11-12,18-19H,9-10,13-15H2,1H3,(H,27,31)(H,29,33). The van der Waals surface area contributed by atoms with Crippen molar-refractivity contribution in [2.75, 3.05) is 22.5 Å². The third-order valence-corrected chi connectivity index (χ3v) is 8.12. The van der Waals surface area contributed by atoms with Gasteiger partial charge in [-0.05, 0) is 31.9 Å². The molecule has 5 rings (SSSR count). The van der Waals surface area contributed by atoms with Gasteiger partial charge in [0.2, 0.25) is 17.7 Å². The van der Waals surface area contributed by atoms with E-state index in [0.29, 0.717) is 27.6 Å². The Labute approximate surface area is 212 Å². The van der Waals surface area contributed by atoms with Gasteiger partial charge < -0.3 is 15.5 Å². The number of hydrogen-bond acceptors (Lipinski definition) is 6. The molecule has 2 N–H and O–H groups in total. The van der Waals surface area contributed by atoms with E-state index in [1.807, 2.05) is 61.5 Å². The fraction of sp³-hybridized carbons (Fsp3) is 0.308. The lowest BCUT2D eigenvalue weighted by Crippen LogP contribution is -2.28. The lowest BCUT2D eigenvalue weighted by Gasteiger charge is -2.17. The van der Waals surface area contributed by atoms with E-state index in [1.54, 1.807) is 4.90 Å². The molecule has 1 aromatic heterocycles. The topological polar surface area (TPSA) is 91.4 Å². The summed E-state index contributed by atoms with van der Waals surface area (Å²) in [6.07, 6.45) is 2.27. The van der Waals surface area contributed by atoms with Crippen molar-refractivity contribution < 1.29 is 14.4 Å². The summed E-state index contributed by atoms with van der Waals surface area (Å²) in [4.78, 5) is 44.4. The number of benzene rings is 2. The van der Waals surface area contributed by atoms with Crippen LogP contribution in [0.3, 0.4) is 0 Å². The van der Waals surface area contributed by atoms with Crippen molar-refractivity contribution in [1.82, 2.24) is 10.3 Å². The van der Waals surface area contributed by atoms with Crippen LogP contribution in [0.15, 0.2) is 58.9 Å². The van der Waals surface area contributed by atoms with Crippen LogP contribution in [0.1, 0.15) is 24.8 Å². The van der Waals surface area contributed by atoms with Crippen molar-refractivity contribution in [3.63, 3.8) is 0 Å². The molecule has 2 fully saturated rings. The van der Waals surface area contributed by atoms with E-state index in [9.17, 15) is 14.4 Å². The lowest BCUT2D eigenvalue weighted by atomic mass is 10.1. The Kier molecular flexibility index (Phi) is 6.88. The maximum Gasteiger partial charge on any atom is 0.230 e. The molecule has 1 aliphatic carbocycles. The third kappa shape index (κ3) is 5.74. The third-order valence-electron chi connectivity index (χ3n) is 6.00. The number of nitrogens with one attached hydrogen (secondary N) is 2. The molecule has 1 atom stereocenters. The summed E-state index contributed by atoms with van der Waals surface area (Å²) in [6.45, 7) is 2.34. The molecular weight excluding hydrogens is 480 g/mol. The zero-order valence-corrected chi connectivity index (χ0v) is 21.0. The fourth-order valence-electron chi connectivity index (χ4n) is 3.93. The molecule has 7 nitrogen and oxygen atoms in total. The Hall–Kier alpha value is -3.17. The number of hydrogen-bond donors (Lipinski definition) is 2. The summed E-state index contributed by atoms with van der Waals surface area (Å²) >= 11 is 2.73. The number of amides is 3. The second-order valence-corrected chi connectivity index (χ2v) is 11.1. The minimum atomic E-state index is -0.449. The summed E-state index contributed by atoms with van der Waals surface area (Å²) < 4.78 is 0.717. The van der Waals surface area contributed by atoms with Crippen molar-refractivity contribution in [1.29, 1.82) is 0 Å². The minimum absolute atomic E-state index is 0.000196. The highest BCUT2D eigenvalue weighted by molar-refractivity contribution is 8.01. The molecular formula is C26H26N4O3S2. The van der Waals surface area contributed by atoms with Crippen molar-refractivity contribution in [2.45, 2.75) is 36.6 Å². The van der Waals surface area contributed by atoms with Gasteiger partial charge in [0.05, 0.1) is 11.7 Å².